The number of hydrogen-bond acceptors (Lipinski definition) is 2. The van der Waals surface area contributed by atoms with Crippen LogP contribution >= 0.6 is 12.2 Å². The van der Waals surface area contributed by atoms with Crippen molar-refractivity contribution in [2.24, 2.45) is 17.6 Å². The summed E-state index contributed by atoms with van der Waals surface area (Å²) < 4.78 is 38.6. The van der Waals surface area contributed by atoms with Crippen molar-refractivity contribution in [3.63, 3.8) is 0 Å². The second-order valence-electron chi connectivity index (χ2n) is 5.79. The van der Waals surface area contributed by atoms with Crippen LogP contribution in [-0.4, -0.2) is 11.5 Å². The molecule has 1 saturated carbocycles. The first kappa shape index (κ1) is 16.1. The Morgan fingerprint density at radius 2 is 2.10 bits per heavy atom. The third kappa shape index (κ3) is 4.09. The van der Waals surface area contributed by atoms with Gasteiger partial charge in [-0.2, -0.15) is 13.2 Å². The highest BCUT2D eigenvalue weighted by Crippen LogP contribution is 2.34. The number of thiocarbonyl (C=S) groups is 1. The highest BCUT2D eigenvalue weighted by atomic mass is 32.1. The predicted octanol–water partition coefficient (Wildman–Crippen LogP) is 4.19. The maximum absolute atomic E-state index is 12.9. The highest BCUT2D eigenvalue weighted by Gasteiger charge is 2.34. The molecule has 1 fully saturated rings. The van der Waals surface area contributed by atoms with Crippen LogP contribution in [0.3, 0.4) is 0 Å². The van der Waals surface area contributed by atoms with E-state index >= 15 is 0 Å². The van der Waals surface area contributed by atoms with Gasteiger partial charge in [0.05, 0.1) is 5.56 Å². The van der Waals surface area contributed by atoms with E-state index in [0.29, 0.717) is 11.6 Å². The summed E-state index contributed by atoms with van der Waals surface area (Å²) in [6.45, 7) is 3.00. The van der Waals surface area contributed by atoms with Crippen molar-refractivity contribution in [1.82, 2.24) is 0 Å². The summed E-state index contributed by atoms with van der Waals surface area (Å²) >= 11 is 4.73. The molecule has 21 heavy (non-hydrogen) atoms. The third-order valence-corrected chi connectivity index (χ3v) is 4.21. The van der Waals surface area contributed by atoms with Crippen LogP contribution in [0.25, 0.3) is 0 Å². The predicted molar refractivity (Wildman–Crippen MR) is 82.3 cm³/mol. The Hall–Kier alpha value is -1.30. The minimum atomic E-state index is -4.45. The van der Waals surface area contributed by atoms with Crippen LogP contribution in [0, 0.1) is 11.8 Å². The number of halogens is 3. The summed E-state index contributed by atoms with van der Waals surface area (Å²) in [5.74, 6) is 1.31. The summed E-state index contributed by atoms with van der Waals surface area (Å²) in [5, 5.41) is 3.20. The Morgan fingerprint density at radius 3 is 2.62 bits per heavy atom. The van der Waals surface area contributed by atoms with Gasteiger partial charge in [-0.3, -0.25) is 0 Å². The van der Waals surface area contributed by atoms with Gasteiger partial charge in [0, 0.05) is 17.8 Å². The van der Waals surface area contributed by atoms with Gasteiger partial charge in [0.25, 0.3) is 0 Å². The van der Waals surface area contributed by atoms with Crippen LogP contribution in [0.15, 0.2) is 18.2 Å². The van der Waals surface area contributed by atoms with Gasteiger partial charge in [-0.15, -0.1) is 0 Å². The van der Waals surface area contributed by atoms with Crippen molar-refractivity contribution >= 4 is 22.9 Å². The molecule has 2 atom stereocenters. The molecule has 1 aromatic rings. The summed E-state index contributed by atoms with van der Waals surface area (Å²) in [6, 6.07) is 3.86. The van der Waals surface area contributed by atoms with Gasteiger partial charge in [-0.25, -0.2) is 0 Å². The van der Waals surface area contributed by atoms with E-state index in [-0.39, 0.29) is 10.6 Å². The lowest BCUT2D eigenvalue weighted by atomic mass is 10.0. The molecule has 6 heteroatoms. The fraction of sp³-hybridized carbons (Fsp3) is 0.533. The second kappa shape index (κ2) is 6.22. The van der Waals surface area contributed by atoms with Gasteiger partial charge in [-0.1, -0.05) is 25.6 Å². The number of rotatable bonds is 4. The van der Waals surface area contributed by atoms with E-state index in [0.717, 1.165) is 31.4 Å². The highest BCUT2D eigenvalue weighted by molar-refractivity contribution is 7.80. The van der Waals surface area contributed by atoms with Gasteiger partial charge in [0.2, 0.25) is 0 Å². The van der Waals surface area contributed by atoms with Crippen LogP contribution in [0.1, 0.15) is 37.3 Å². The van der Waals surface area contributed by atoms with Crippen LogP contribution in [-0.2, 0) is 6.18 Å². The zero-order chi connectivity index (χ0) is 15.6. The van der Waals surface area contributed by atoms with Crippen LogP contribution in [0.2, 0.25) is 0 Å². The first-order chi connectivity index (χ1) is 9.77. The van der Waals surface area contributed by atoms with Crippen LogP contribution in [0.4, 0.5) is 18.9 Å². The van der Waals surface area contributed by atoms with Gasteiger partial charge < -0.3 is 11.1 Å². The average molecular weight is 316 g/mol. The molecule has 3 N–H and O–H groups in total. The normalized spacial score (nSPS) is 22.3. The molecule has 0 aromatic heterocycles. The van der Waals surface area contributed by atoms with Gasteiger partial charge >= 0.3 is 6.18 Å². The number of alkyl halides is 3. The fourth-order valence-electron chi connectivity index (χ4n) is 2.88. The number of nitrogens with two attached hydrogens (primary N) is 1. The Balaban J connectivity index is 2.11. The minimum absolute atomic E-state index is 0.123. The van der Waals surface area contributed by atoms with E-state index in [9.17, 15) is 13.2 Å². The SMILES string of the molecule is CC1CCC(CNc2ccc(C(F)(F)F)c(C(N)=S)c2)C1. The molecule has 116 valence electrons. The number of hydrogen-bond donors (Lipinski definition) is 2. The molecule has 0 bridgehead atoms. The Kier molecular flexibility index (Phi) is 4.76. The van der Waals surface area contributed by atoms with Gasteiger partial charge in [-0.05, 0) is 42.9 Å². The molecule has 1 aliphatic rings. The third-order valence-electron chi connectivity index (χ3n) is 3.99. The quantitative estimate of drug-likeness (QED) is 0.818. The molecule has 0 spiro atoms. The molecule has 0 heterocycles. The lowest BCUT2D eigenvalue weighted by Gasteiger charge is -2.16. The summed E-state index contributed by atoms with van der Waals surface area (Å²) in [5.41, 5.74) is 5.15. The first-order valence-corrected chi connectivity index (χ1v) is 7.43. The molecule has 0 saturated heterocycles. The van der Waals surface area contributed by atoms with E-state index in [1.54, 1.807) is 0 Å². The average Bonchev–Trinajstić information content (AvgIpc) is 2.80. The summed E-state index contributed by atoms with van der Waals surface area (Å²) in [4.78, 5) is -0.236. The van der Waals surface area contributed by atoms with Crippen molar-refractivity contribution in [2.45, 2.75) is 32.4 Å². The van der Waals surface area contributed by atoms with Crippen molar-refractivity contribution in [1.29, 1.82) is 0 Å². The Bertz CT molecular complexity index is 528. The van der Waals surface area contributed by atoms with Gasteiger partial charge in [0.15, 0.2) is 0 Å². The maximum atomic E-state index is 12.9. The summed E-state index contributed by atoms with van der Waals surface area (Å²) in [6.07, 6.45) is -0.900. The molecule has 0 radical (unpaired) electrons. The Morgan fingerprint density at radius 1 is 1.38 bits per heavy atom. The summed E-state index contributed by atoms with van der Waals surface area (Å²) in [7, 11) is 0. The number of nitrogens with one attached hydrogen (secondary N) is 1. The van der Waals surface area contributed by atoms with Crippen LogP contribution in [0.5, 0.6) is 0 Å². The van der Waals surface area contributed by atoms with E-state index in [4.69, 9.17) is 18.0 Å². The first-order valence-electron chi connectivity index (χ1n) is 7.02. The maximum Gasteiger partial charge on any atom is 0.417 e. The van der Waals surface area contributed by atoms with Crippen molar-refractivity contribution in [2.75, 3.05) is 11.9 Å². The second-order valence-corrected chi connectivity index (χ2v) is 6.23. The zero-order valence-electron chi connectivity index (χ0n) is 11.8. The molecular formula is C15H19F3N2S. The van der Waals surface area contributed by atoms with E-state index in [1.165, 1.54) is 18.6 Å². The van der Waals surface area contributed by atoms with Crippen molar-refractivity contribution < 1.29 is 13.2 Å². The molecule has 1 aromatic carbocycles. The van der Waals surface area contributed by atoms with Crippen LogP contribution < -0.4 is 11.1 Å². The van der Waals surface area contributed by atoms with E-state index in [2.05, 4.69) is 12.2 Å². The molecule has 0 amide bonds. The molecule has 2 unspecified atom stereocenters. The lowest BCUT2D eigenvalue weighted by molar-refractivity contribution is -0.137. The van der Waals surface area contributed by atoms with E-state index in [1.807, 2.05) is 0 Å². The number of anilines is 1. The molecule has 2 rings (SSSR count). The topological polar surface area (TPSA) is 38.0 Å². The smallest absolute Gasteiger partial charge is 0.389 e. The van der Waals surface area contributed by atoms with Gasteiger partial charge in [0.1, 0.15) is 4.99 Å². The van der Waals surface area contributed by atoms with E-state index < -0.39 is 11.7 Å². The molecular weight excluding hydrogens is 297 g/mol. The molecule has 2 nitrogen and oxygen atoms in total. The fourth-order valence-corrected chi connectivity index (χ4v) is 3.05. The molecule has 0 aliphatic heterocycles. The largest absolute Gasteiger partial charge is 0.417 e. The monoisotopic (exact) mass is 316 g/mol. The Labute approximate surface area is 127 Å². The van der Waals surface area contributed by atoms with Crippen molar-refractivity contribution in [3.8, 4) is 0 Å². The standard InChI is InChI=1S/C15H19F3N2S/c1-9-2-3-10(6-9)8-20-11-4-5-13(15(16,17)18)12(7-11)14(19)21/h4-5,7,9-10,20H,2-3,6,8H2,1H3,(H2,19,21). The number of benzene rings is 1. The molecule has 1 aliphatic carbocycles. The zero-order valence-corrected chi connectivity index (χ0v) is 12.7. The minimum Gasteiger partial charge on any atom is -0.389 e. The lowest BCUT2D eigenvalue weighted by Crippen LogP contribution is -2.19. The van der Waals surface area contributed by atoms with Crippen molar-refractivity contribution in [3.05, 3.63) is 29.3 Å².